The van der Waals surface area contributed by atoms with Gasteiger partial charge in [0, 0.05) is 6.54 Å². The lowest BCUT2D eigenvalue weighted by Gasteiger charge is -2.24. The van der Waals surface area contributed by atoms with Gasteiger partial charge in [-0.2, -0.15) is 13.2 Å². The third kappa shape index (κ3) is 4.23. The Morgan fingerprint density at radius 3 is 2.48 bits per heavy atom. The summed E-state index contributed by atoms with van der Waals surface area (Å²) in [6.45, 7) is -1.27. The van der Waals surface area contributed by atoms with Crippen molar-refractivity contribution in [2.24, 2.45) is 5.73 Å². The standard InChI is InChI=1S/C12H18F3N3O2.ClH/c13-12(14,15)7-18-6-3-8(9(18)19)17-10(20)11(16)4-1-2-5-11;/h8H,1-7,16H2,(H,17,20);1H. The maximum atomic E-state index is 12.3. The molecule has 2 rings (SSSR count). The lowest BCUT2D eigenvalue weighted by molar-refractivity contribution is -0.158. The number of rotatable bonds is 3. The van der Waals surface area contributed by atoms with E-state index in [0.717, 1.165) is 17.7 Å². The van der Waals surface area contributed by atoms with E-state index in [9.17, 15) is 22.8 Å². The normalized spacial score (nSPS) is 24.9. The maximum absolute atomic E-state index is 12.3. The summed E-state index contributed by atoms with van der Waals surface area (Å²) in [5.41, 5.74) is 4.97. The van der Waals surface area contributed by atoms with Crippen molar-refractivity contribution in [3.8, 4) is 0 Å². The highest BCUT2D eigenvalue weighted by Gasteiger charge is 2.43. The van der Waals surface area contributed by atoms with Gasteiger partial charge in [-0.3, -0.25) is 9.59 Å². The van der Waals surface area contributed by atoms with Crippen molar-refractivity contribution >= 4 is 24.2 Å². The number of nitrogens with one attached hydrogen (secondary N) is 1. The number of alkyl halides is 3. The van der Waals surface area contributed by atoms with Crippen molar-refractivity contribution in [1.82, 2.24) is 10.2 Å². The van der Waals surface area contributed by atoms with Gasteiger partial charge in [-0.15, -0.1) is 12.4 Å². The molecule has 0 aromatic carbocycles. The Kier molecular flexibility index (Phi) is 5.49. The predicted molar refractivity (Wildman–Crippen MR) is 71.8 cm³/mol. The second-order valence-corrected chi connectivity index (χ2v) is 5.55. The van der Waals surface area contributed by atoms with Crippen LogP contribution in [0.2, 0.25) is 0 Å². The van der Waals surface area contributed by atoms with E-state index in [1.807, 2.05) is 0 Å². The van der Waals surface area contributed by atoms with Crippen molar-refractivity contribution in [3.63, 3.8) is 0 Å². The molecule has 0 radical (unpaired) electrons. The number of hydrogen-bond donors (Lipinski definition) is 2. The predicted octanol–water partition coefficient (Wildman–Crippen LogP) is 0.959. The fourth-order valence-corrected chi connectivity index (χ4v) is 2.78. The minimum Gasteiger partial charge on any atom is -0.343 e. The molecule has 5 nitrogen and oxygen atoms in total. The lowest BCUT2D eigenvalue weighted by atomic mass is 9.97. The van der Waals surface area contributed by atoms with E-state index >= 15 is 0 Å². The fraction of sp³-hybridized carbons (Fsp3) is 0.833. The molecule has 122 valence electrons. The van der Waals surface area contributed by atoms with Gasteiger partial charge in [0.25, 0.3) is 0 Å². The highest BCUT2D eigenvalue weighted by Crippen LogP contribution is 2.28. The van der Waals surface area contributed by atoms with Gasteiger partial charge in [0.15, 0.2) is 0 Å². The molecule has 0 aromatic heterocycles. The van der Waals surface area contributed by atoms with Gasteiger partial charge in [-0.05, 0) is 19.3 Å². The molecule has 1 aliphatic carbocycles. The van der Waals surface area contributed by atoms with Crippen LogP contribution in [0.15, 0.2) is 0 Å². The van der Waals surface area contributed by atoms with Crippen LogP contribution in [0.25, 0.3) is 0 Å². The molecule has 0 aromatic rings. The van der Waals surface area contributed by atoms with Crippen LogP contribution in [0, 0.1) is 0 Å². The first-order valence-electron chi connectivity index (χ1n) is 6.67. The molecule has 0 spiro atoms. The second-order valence-electron chi connectivity index (χ2n) is 5.55. The molecule has 9 heteroatoms. The first-order valence-corrected chi connectivity index (χ1v) is 6.67. The third-order valence-electron chi connectivity index (χ3n) is 3.92. The van der Waals surface area contributed by atoms with E-state index in [0.29, 0.717) is 12.8 Å². The Morgan fingerprint density at radius 1 is 1.38 bits per heavy atom. The van der Waals surface area contributed by atoms with Gasteiger partial charge < -0.3 is 16.0 Å². The zero-order valence-electron chi connectivity index (χ0n) is 11.4. The third-order valence-corrected chi connectivity index (χ3v) is 3.92. The molecule has 1 saturated heterocycles. The van der Waals surface area contributed by atoms with Crippen LogP contribution in [0.4, 0.5) is 13.2 Å². The summed E-state index contributed by atoms with van der Waals surface area (Å²) < 4.78 is 36.8. The van der Waals surface area contributed by atoms with E-state index in [1.54, 1.807) is 0 Å². The average Bonchev–Trinajstić information content (AvgIpc) is 2.89. The summed E-state index contributed by atoms with van der Waals surface area (Å²) in [5.74, 6) is -1.11. The Hall–Kier alpha value is -1.02. The lowest BCUT2D eigenvalue weighted by Crippen LogP contribution is -2.56. The van der Waals surface area contributed by atoms with E-state index in [1.165, 1.54) is 0 Å². The highest BCUT2D eigenvalue weighted by atomic mass is 35.5. The van der Waals surface area contributed by atoms with Crippen LogP contribution in [-0.2, 0) is 9.59 Å². The average molecular weight is 330 g/mol. The zero-order valence-corrected chi connectivity index (χ0v) is 12.2. The molecule has 1 heterocycles. The SMILES string of the molecule is Cl.NC1(C(=O)NC2CCN(CC(F)(F)F)C2=O)CCCC1. The summed E-state index contributed by atoms with van der Waals surface area (Å²) in [7, 11) is 0. The first-order chi connectivity index (χ1) is 9.21. The molecule has 1 saturated carbocycles. The molecule has 21 heavy (non-hydrogen) atoms. The summed E-state index contributed by atoms with van der Waals surface area (Å²) in [6, 6.07) is -0.883. The molecular weight excluding hydrogens is 311 g/mol. The van der Waals surface area contributed by atoms with Crippen molar-refractivity contribution in [2.75, 3.05) is 13.1 Å². The number of carbonyl (C=O) groups excluding carboxylic acids is 2. The molecule has 1 unspecified atom stereocenters. The summed E-state index contributed by atoms with van der Waals surface area (Å²) in [6.07, 6.45) is -1.44. The van der Waals surface area contributed by atoms with Crippen LogP contribution < -0.4 is 11.1 Å². The van der Waals surface area contributed by atoms with Crippen LogP contribution in [-0.4, -0.2) is 47.6 Å². The van der Waals surface area contributed by atoms with Gasteiger partial charge in [0.05, 0.1) is 5.54 Å². The highest BCUT2D eigenvalue weighted by molar-refractivity contribution is 5.93. The van der Waals surface area contributed by atoms with Crippen LogP contribution in [0.1, 0.15) is 32.1 Å². The van der Waals surface area contributed by atoms with Gasteiger partial charge in [0.2, 0.25) is 11.8 Å². The molecule has 0 bridgehead atoms. The molecule has 2 aliphatic rings. The minimum atomic E-state index is -4.42. The summed E-state index contributed by atoms with van der Waals surface area (Å²) in [5, 5.41) is 2.50. The van der Waals surface area contributed by atoms with Crippen LogP contribution >= 0.6 is 12.4 Å². The summed E-state index contributed by atoms with van der Waals surface area (Å²) >= 11 is 0. The molecule has 1 aliphatic heterocycles. The molecule has 1 atom stereocenters. The van der Waals surface area contributed by atoms with Crippen LogP contribution in [0.5, 0.6) is 0 Å². The summed E-state index contributed by atoms with van der Waals surface area (Å²) in [4.78, 5) is 24.6. The molecule has 3 N–H and O–H groups in total. The molecule has 2 amide bonds. The number of carbonyl (C=O) groups is 2. The van der Waals surface area contributed by atoms with Gasteiger partial charge >= 0.3 is 6.18 Å². The number of hydrogen-bond acceptors (Lipinski definition) is 3. The van der Waals surface area contributed by atoms with Crippen molar-refractivity contribution in [1.29, 1.82) is 0 Å². The molecular formula is C12H19ClF3N3O2. The van der Waals surface area contributed by atoms with E-state index < -0.39 is 36.1 Å². The largest absolute Gasteiger partial charge is 0.406 e. The van der Waals surface area contributed by atoms with Crippen LogP contribution in [0.3, 0.4) is 0 Å². The minimum absolute atomic E-state index is 0. The van der Waals surface area contributed by atoms with E-state index in [4.69, 9.17) is 5.73 Å². The smallest absolute Gasteiger partial charge is 0.343 e. The maximum Gasteiger partial charge on any atom is 0.406 e. The number of halogens is 4. The van der Waals surface area contributed by atoms with Gasteiger partial charge in [-0.1, -0.05) is 12.8 Å². The van der Waals surface area contributed by atoms with Crippen molar-refractivity contribution in [3.05, 3.63) is 0 Å². The topological polar surface area (TPSA) is 75.4 Å². The van der Waals surface area contributed by atoms with E-state index in [2.05, 4.69) is 5.32 Å². The first kappa shape index (κ1) is 18.0. The molecule has 2 fully saturated rings. The quantitative estimate of drug-likeness (QED) is 0.810. The Bertz CT molecular complexity index is 411. The van der Waals surface area contributed by atoms with Crippen molar-refractivity contribution in [2.45, 2.75) is 49.9 Å². The number of nitrogens with zero attached hydrogens (tertiary/aromatic N) is 1. The van der Waals surface area contributed by atoms with Gasteiger partial charge in [0.1, 0.15) is 12.6 Å². The van der Waals surface area contributed by atoms with E-state index in [-0.39, 0.29) is 25.4 Å². The van der Waals surface area contributed by atoms with Crippen molar-refractivity contribution < 1.29 is 22.8 Å². The Morgan fingerprint density at radius 2 is 1.95 bits per heavy atom. The second kappa shape index (κ2) is 6.39. The Labute approximate surface area is 126 Å². The number of amides is 2. The zero-order chi connectivity index (χ0) is 15.0. The fourth-order valence-electron chi connectivity index (χ4n) is 2.78. The van der Waals surface area contributed by atoms with Gasteiger partial charge in [-0.25, -0.2) is 0 Å². The number of likely N-dealkylation sites (tertiary alicyclic amines) is 1. The monoisotopic (exact) mass is 329 g/mol. The number of nitrogens with two attached hydrogens (primary N) is 1. The Balaban J connectivity index is 0.00000220.